The van der Waals surface area contributed by atoms with Crippen molar-refractivity contribution in [1.82, 2.24) is 0 Å². The molecule has 2 N–H and O–H groups in total. The summed E-state index contributed by atoms with van der Waals surface area (Å²) in [5.74, 6) is -1.28. The molecule has 8 heteroatoms. The van der Waals surface area contributed by atoms with Gasteiger partial charge in [-0.2, -0.15) is 0 Å². The van der Waals surface area contributed by atoms with Gasteiger partial charge < -0.3 is 24.8 Å². The van der Waals surface area contributed by atoms with Crippen LogP contribution in [0.3, 0.4) is 0 Å². The van der Waals surface area contributed by atoms with E-state index in [4.69, 9.17) is 14.2 Å². The molecule has 0 unspecified atom stereocenters. The van der Waals surface area contributed by atoms with Gasteiger partial charge in [-0.05, 0) is 50.2 Å². The highest BCUT2D eigenvalue weighted by molar-refractivity contribution is 6.20. The molecule has 1 aliphatic heterocycles. The zero-order valence-electron chi connectivity index (χ0n) is 16.6. The fourth-order valence-electron chi connectivity index (χ4n) is 2.68. The highest BCUT2D eigenvalue weighted by atomic mass is 16.6. The molecule has 2 aromatic carbocycles. The van der Waals surface area contributed by atoms with E-state index in [-0.39, 0.29) is 18.1 Å². The van der Waals surface area contributed by atoms with Gasteiger partial charge in [0, 0.05) is 11.4 Å². The summed E-state index contributed by atoms with van der Waals surface area (Å²) >= 11 is 0. The second-order valence-corrected chi connectivity index (χ2v) is 6.40. The fraction of sp³-hybridized carbons (Fsp3) is 0.227. The Balaban J connectivity index is 1.63. The van der Waals surface area contributed by atoms with Crippen LogP contribution in [0.25, 0.3) is 0 Å². The molecule has 0 aliphatic carbocycles. The number of benzene rings is 2. The average Bonchev–Trinajstić information content (AvgIpc) is 3.10. The summed E-state index contributed by atoms with van der Waals surface area (Å²) in [5.41, 5.74) is 0.922. The Morgan fingerprint density at radius 3 is 2.43 bits per heavy atom. The van der Waals surface area contributed by atoms with Crippen molar-refractivity contribution in [2.24, 2.45) is 0 Å². The van der Waals surface area contributed by atoms with Crippen LogP contribution in [0.5, 0.6) is 5.75 Å². The number of nitrogens with one attached hydrogen (secondary N) is 2. The molecule has 0 fully saturated rings. The van der Waals surface area contributed by atoms with Gasteiger partial charge in [0.05, 0.1) is 6.61 Å². The SMILES string of the molecule is CCOc1ccc(NC(=O)[C@@H](C)OC(=O)C2=C(Nc3ccccc3)OCC2=O)cc1. The van der Waals surface area contributed by atoms with Crippen LogP contribution in [0.15, 0.2) is 66.1 Å². The van der Waals surface area contributed by atoms with Gasteiger partial charge in [0.1, 0.15) is 5.75 Å². The van der Waals surface area contributed by atoms with Crippen LogP contribution in [0.2, 0.25) is 0 Å². The Labute approximate surface area is 173 Å². The van der Waals surface area contributed by atoms with Crippen LogP contribution in [-0.2, 0) is 23.9 Å². The number of rotatable bonds is 8. The van der Waals surface area contributed by atoms with Gasteiger partial charge in [-0.1, -0.05) is 18.2 Å². The van der Waals surface area contributed by atoms with Crippen molar-refractivity contribution < 1.29 is 28.6 Å². The van der Waals surface area contributed by atoms with E-state index >= 15 is 0 Å². The number of hydrogen-bond donors (Lipinski definition) is 2. The smallest absolute Gasteiger partial charge is 0.348 e. The van der Waals surface area contributed by atoms with Gasteiger partial charge >= 0.3 is 5.97 Å². The summed E-state index contributed by atoms with van der Waals surface area (Å²) in [5, 5.41) is 5.53. The minimum atomic E-state index is -1.12. The molecule has 0 saturated heterocycles. The zero-order chi connectivity index (χ0) is 21.5. The maximum Gasteiger partial charge on any atom is 0.348 e. The fourth-order valence-corrected chi connectivity index (χ4v) is 2.68. The van der Waals surface area contributed by atoms with Crippen molar-refractivity contribution in [3.05, 3.63) is 66.1 Å². The van der Waals surface area contributed by atoms with Crippen molar-refractivity contribution >= 4 is 29.0 Å². The van der Waals surface area contributed by atoms with Gasteiger partial charge in [-0.3, -0.25) is 9.59 Å². The van der Waals surface area contributed by atoms with Crippen molar-refractivity contribution in [1.29, 1.82) is 0 Å². The molecule has 0 radical (unpaired) electrons. The zero-order valence-corrected chi connectivity index (χ0v) is 16.6. The number of anilines is 2. The Hall–Kier alpha value is -3.81. The largest absolute Gasteiger partial charge is 0.494 e. The van der Waals surface area contributed by atoms with Crippen LogP contribution in [-0.4, -0.2) is 37.0 Å². The Morgan fingerprint density at radius 2 is 1.77 bits per heavy atom. The molecular weight excluding hydrogens is 388 g/mol. The number of amides is 1. The molecule has 1 heterocycles. The minimum absolute atomic E-state index is 0.00956. The highest BCUT2D eigenvalue weighted by Gasteiger charge is 2.34. The molecule has 0 spiro atoms. The number of carbonyl (C=O) groups excluding carboxylic acids is 3. The van der Waals surface area contributed by atoms with Crippen molar-refractivity contribution in [2.75, 3.05) is 23.8 Å². The van der Waals surface area contributed by atoms with Crippen LogP contribution >= 0.6 is 0 Å². The molecule has 0 bridgehead atoms. The quantitative estimate of drug-likeness (QED) is 0.509. The Kier molecular flexibility index (Phi) is 6.69. The summed E-state index contributed by atoms with van der Waals surface area (Å²) in [6.07, 6.45) is -1.12. The predicted molar refractivity (Wildman–Crippen MR) is 110 cm³/mol. The Morgan fingerprint density at radius 1 is 1.07 bits per heavy atom. The van der Waals surface area contributed by atoms with Crippen LogP contribution in [0.1, 0.15) is 13.8 Å². The van der Waals surface area contributed by atoms with Crippen LogP contribution in [0.4, 0.5) is 11.4 Å². The molecule has 0 aromatic heterocycles. The number of para-hydroxylation sites is 1. The number of carbonyl (C=O) groups is 3. The summed E-state index contributed by atoms with van der Waals surface area (Å²) in [6, 6.07) is 15.7. The minimum Gasteiger partial charge on any atom is -0.494 e. The van der Waals surface area contributed by atoms with E-state index < -0.39 is 23.8 Å². The normalized spacial score (nSPS) is 14.0. The van der Waals surface area contributed by atoms with E-state index in [0.717, 1.165) is 0 Å². The maximum atomic E-state index is 12.5. The number of ether oxygens (including phenoxy) is 3. The lowest BCUT2D eigenvalue weighted by Gasteiger charge is -2.14. The van der Waals surface area contributed by atoms with Crippen LogP contribution < -0.4 is 15.4 Å². The Bertz CT molecular complexity index is 953. The van der Waals surface area contributed by atoms with E-state index in [0.29, 0.717) is 23.7 Å². The maximum absolute atomic E-state index is 12.5. The van der Waals surface area contributed by atoms with Gasteiger partial charge in [-0.25, -0.2) is 4.79 Å². The number of hydrogen-bond acceptors (Lipinski definition) is 7. The molecule has 1 aliphatic rings. The molecule has 8 nitrogen and oxygen atoms in total. The predicted octanol–water partition coefficient (Wildman–Crippen LogP) is 2.88. The number of Topliss-reactive ketones (excluding diaryl/α,β-unsaturated/α-hetero) is 1. The number of ketones is 1. The van der Waals surface area contributed by atoms with Crippen LogP contribution in [0, 0.1) is 0 Å². The van der Waals surface area contributed by atoms with E-state index in [1.54, 1.807) is 48.5 Å². The highest BCUT2D eigenvalue weighted by Crippen LogP contribution is 2.21. The second kappa shape index (κ2) is 9.60. The third kappa shape index (κ3) is 5.16. The standard InChI is InChI=1S/C22H22N2O6/c1-3-28-17-11-9-16(10-12-17)23-20(26)14(2)30-22(27)19-18(25)13-29-21(19)24-15-7-5-4-6-8-15/h4-12,14,24H,3,13H2,1-2H3,(H,23,26)/t14-/m1/s1. The topological polar surface area (TPSA) is 103 Å². The monoisotopic (exact) mass is 410 g/mol. The molecule has 2 aromatic rings. The summed E-state index contributed by atoms with van der Waals surface area (Å²) in [4.78, 5) is 37.0. The molecule has 1 atom stereocenters. The first-order chi connectivity index (χ1) is 14.5. The molecule has 30 heavy (non-hydrogen) atoms. The summed E-state index contributed by atoms with van der Waals surface area (Å²) in [7, 11) is 0. The molecule has 1 amide bonds. The summed E-state index contributed by atoms with van der Waals surface area (Å²) < 4.78 is 15.8. The van der Waals surface area contributed by atoms with E-state index in [1.807, 2.05) is 13.0 Å². The van der Waals surface area contributed by atoms with E-state index in [9.17, 15) is 14.4 Å². The van der Waals surface area contributed by atoms with E-state index in [2.05, 4.69) is 10.6 Å². The van der Waals surface area contributed by atoms with Crippen molar-refractivity contribution in [3.8, 4) is 5.75 Å². The van der Waals surface area contributed by atoms with Crippen molar-refractivity contribution in [3.63, 3.8) is 0 Å². The third-order valence-electron chi connectivity index (χ3n) is 4.18. The van der Waals surface area contributed by atoms with Crippen molar-refractivity contribution in [2.45, 2.75) is 20.0 Å². The lowest BCUT2D eigenvalue weighted by atomic mass is 10.2. The van der Waals surface area contributed by atoms with Gasteiger partial charge in [-0.15, -0.1) is 0 Å². The van der Waals surface area contributed by atoms with Gasteiger partial charge in [0.2, 0.25) is 11.7 Å². The second-order valence-electron chi connectivity index (χ2n) is 6.40. The van der Waals surface area contributed by atoms with Gasteiger partial charge in [0.25, 0.3) is 5.91 Å². The number of esters is 1. The lowest BCUT2D eigenvalue weighted by molar-refractivity contribution is -0.150. The summed E-state index contributed by atoms with van der Waals surface area (Å²) in [6.45, 7) is 3.57. The first-order valence-electron chi connectivity index (χ1n) is 9.45. The lowest BCUT2D eigenvalue weighted by Crippen LogP contribution is -2.31. The van der Waals surface area contributed by atoms with E-state index in [1.165, 1.54) is 6.92 Å². The molecule has 0 saturated carbocycles. The van der Waals surface area contributed by atoms with Gasteiger partial charge in [0.15, 0.2) is 18.3 Å². The first kappa shape index (κ1) is 20.9. The molecular formula is C22H22N2O6. The third-order valence-corrected chi connectivity index (χ3v) is 4.18. The average molecular weight is 410 g/mol. The first-order valence-corrected chi connectivity index (χ1v) is 9.45. The molecule has 3 rings (SSSR count). The molecule has 156 valence electrons.